The van der Waals surface area contributed by atoms with Crippen molar-refractivity contribution in [2.24, 2.45) is 16.8 Å². The Labute approximate surface area is 257 Å². The molecular formula is C33H52N5O5-. The molecule has 3 N–H and O–H groups in total. The number of hydrogen-bond donors (Lipinski definition) is 3. The molecule has 0 radical (unpaired) electrons. The molecule has 0 unspecified atom stereocenters. The highest BCUT2D eigenvalue weighted by Gasteiger charge is 2.36. The van der Waals surface area contributed by atoms with E-state index in [2.05, 4.69) is 10.6 Å². The van der Waals surface area contributed by atoms with Crippen LogP contribution in [0.3, 0.4) is 0 Å². The van der Waals surface area contributed by atoms with Crippen molar-refractivity contribution >= 4 is 24.1 Å². The van der Waals surface area contributed by atoms with Crippen LogP contribution in [0.2, 0.25) is 0 Å². The SMILES string of the molecule is CCC[C@H](NC(=O)[C@H](Cc1ccccc1)N(C(=O)NCC)N([O-])[C@H](C=NCC1CCCCC1)CC1CCCCC1)C(=O)O. The summed E-state index contributed by atoms with van der Waals surface area (Å²) in [7, 11) is 0. The summed E-state index contributed by atoms with van der Waals surface area (Å²) >= 11 is 0. The van der Waals surface area contributed by atoms with Gasteiger partial charge in [-0.25, -0.2) is 9.59 Å². The molecule has 3 atom stereocenters. The van der Waals surface area contributed by atoms with Crippen LogP contribution in [0.25, 0.3) is 0 Å². The van der Waals surface area contributed by atoms with E-state index in [1.165, 1.54) is 25.7 Å². The number of aliphatic imine (C=N–C) groups is 1. The summed E-state index contributed by atoms with van der Waals surface area (Å²) in [5.41, 5.74) is 0.752. The molecule has 0 spiro atoms. The molecule has 2 saturated carbocycles. The van der Waals surface area contributed by atoms with Gasteiger partial charge in [0.05, 0.1) is 6.04 Å². The first-order valence-corrected chi connectivity index (χ1v) is 16.4. The molecule has 1 aromatic rings. The predicted octanol–water partition coefficient (Wildman–Crippen LogP) is 5.70. The van der Waals surface area contributed by atoms with Gasteiger partial charge in [0, 0.05) is 25.7 Å². The molecule has 0 bridgehead atoms. The summed E-state index contributed by atoms with van der Waals surface area (Å²) in [4.78, 5) is 44.1. The van der Waals surface area contributed by atoms with E-state index in [1.54, 1.807) is 13.1 Å². The van der Waals surface area contributed by atoms with Gasteiger partial charge in [0.2, 0.25) is 5.91 Å². The number of hydrogen-bond acceptors (Lipinski definition) is 6. The first kappa shape index (κ1) is 34.5. The first-order chi connectivity index (χ1) is 20.8. The fourth-order valence-electron chi connectivity index (χ4n) is 6.38. The van der Waals surface area contributed by atoms with Gasteiger partial charge < -0.3 is 20.9 Å². The minimum absolute atomic E-state index is 0.0520. The van der Waals surface area contributed by atoms with Crippen molar-refractivity contribution in [3.05, 3.63) is 41.1 Å². The fraction of sp³-hybridized carbons (Fsp3) is 0.697. The third-order valence-electron chi connectivity index (χ3n) is 8.76. The van der Waals surface area contributed by atoms with Crippen LogP contribution >= 0.6 is 0 Å². The molecule has 1 aromatic carbocycles. The Morgan fingerprint density at radius 3 is 2.21 bits per heavy atom. The summed E-state index contributed by atoms with van der Waals surface area (Å²) in [6.07, 6.45) is 14.5. The van der Waals surface area contributed by atoms with E-state index in [4.69, 9.17) is 4.99 Å². The molecule has 43 heavy (non-hydrogen) atoms. The smallest absolute Gasteiger partial charge is 0.331 e. The number of benzene rings is 1. The number of urea groups is 1. The summed E-state index contributed by atoms with van der Waals surface area (Å²) < 4.78 is 0. The zero-order valence-electron chi connectivity index (χ0n) is 26.1. The Balaban J connectivity index is 1.96. The highest BCUT2D eigenvalue weighted by molar-refractivity contribution is 5.90. The van der Waals surface area contributed by atoms with E-state index in [1.807, 2.05) is 37.3 Å². The Kier molecular flexibility index (Phi) is 15.0. The van der Waals surface area contributed by atoms with Gasteiger partial charge in [-0.1, -0.05) is 95.0 Å². The molecule has 2 fully saturated rings. The molecule has 3 amide bonds. The van der Waals surface area contributed by atoms with Crippen LogP contribution in [0.5, 0.6) is 0 Å². The molecule has 240 valence electrons. The highest BCUT2D eigenvalue weighted by atomic mass is 16.6. The van der Waals surface area contributed by atoms with E-state index in [-0.39, 0.29) is 19.4 Å². The van der Waals surface area contributed by atoms with Crippen molar-refractivity contribution in [3.63, 3.8) is 0 Å². The molecule has 0 saturated heterocycles. The van der Waals surface area contributed by atoms with Crippen LogP contribution in [0.1, 0.15) is 103 Å². The number of aliphatic carboxylic acids is 1. The zero-order chi connectivity index (χ0) is 31.0. The molecular weight excluding hydrogens is 546 g/mol. The lowest BCUT2D eigenvalue weighted by molar-refractivity contribution is -0.143. The van der Waals surface area contributed by atoms with Crippen LogP contribution in [0.4, 0.5) is 4.79 Å². The van der Waals surface area contributed by atoms with E-state index in [0.717, 1.165) is 49.1 Å². The van der Waals surface area contributed by atoms with Crippen molar-refractivity contribution in [1.82, 2.24) is 20.8 Å². The molecule has 0 aliphatic heterocycles. The average molecular weight is 599 g/mol. The lowest BCUT2D eigenvalue weighted by atomic mass is 9.85. The largest absolute Gasteiger partial charge is 0.767 e. The molecule has 2 aliphatic carbocycles. The Bertz CT molecular complexity index is 1010. The van der Waals surface area contributed by atoms with Crippen LogP contribution in [0.15, 0.2) is 35.3 Å². The summed E-state index contributed by atoms with van der Waals surface area (Å²) in [5.74, 6) is -0.993. The second-order valence-electron chi connectivity index (χ2n) is 12.2. The summed E-state index contributed by atoms with van der Waals surface area (Å²) in [6.45, 7) is 4.51. The molecule has 2 aliphatic rings. The van der Waals surface area contributed by atoms with Gasteiger partial charge in [-0.15, -0.1) is 0 Å². The van der Waals surface area contributed by atoms with E-state index < -0.39 is 36.0 Å². The molecule has 0 heterocycles. The van der Waals surface area contributed by atoms with Gasteiger partial charge in [0.25, 0.3) is 0 Å². The Morgan fingerprint density at radius 2 is 1.63 bits per heavy atom. The van der Waals surface area contributed by atoms with E-state index in [9.17, 15) is 24.7 Å². The quantitative estimate of drug-likeness (QED) is 0.165. The number of hydroxylamine groups is 1. The maximum atomic E-state index is 14.4. The van der Waals surface area contributed by atoms with E-state index in [0.29, 0.717) is 36.4 Å². The van der Waals surface area contributed by atoms with Crippen molar-refractivity contribution < 1.29 is 19.5 Å². The first-order valence-electron chi connectivity index (χ1n) is 16.4. The highest BCUT2D eigenvalue weighted by Crippen LogP contribution is 2.29. The molecule has 10 heteroatoms. The van der Waals surface area contributed by atoms with Crippen molar-refractivity contribution in [2.75, 3.05) is 13.1 Å². The van der Waals surface area contributed by atoms with Gasteiger partial charge >= 0.3 is 12.0 Å². The van der Waals surface area contributed by atoms with Crippen molar-refractivity contribution in [1.29, 1.82) is 0 Å². The normalized spacial score (nSPS) is 18.7. The maximum absolute atomic E-state index is 14.4. The number of rotatable bonds is 16. The van der Waals surface area contributed by atoms with Gasteiger partial charge in [-0.05, 0) is 50.0 Å². The third kappa shape index (κ3) is 11.2. The van der Waals surface area contributed by atoms with Gasteiger partial charge in [0.1, 0.15) is 12.1 Å². The third-order valence-corrected chi connectivity index (χ3v) is 8.76. The number of carboxylic acids is 1. The number of hydrazine groups is 1. The molecule has 10 nitrogen and oxygen atoms in total. The second kappa shape index (κ2) is 18.6. The van der Waals surface area contributed by atoms with E-state index >= 15 is 0 Å². The van der Waals surface area contributed by atoms with Crippen LogP contribution in [-0.2, 0) is 16.0 Å². The topological polar surface area (TPSA) is 137 Å². The minimum atomic E-state index is -1.26. The monoisotopic (exact) mass is 598 g/mol. The van der Waals surface area contributed by atoms with Gasteiger partial charge in [-0.3, -0.25) is 20.0 Å². The standard InChI is InChI=1S/C33H52N5O5/c1-3-14-29(32(40)41)36-31(39)30(22-26-17-10-6-11-18-26)37(33(42)35-4-2)38(43)28(21-25-15-8-5-9-16-25)24-34-23-27-19-12-7-13-20-27/h6,10-11,17-18,24-25,27-30H,3-5,7-9,12-16,19-23H2,1-2H3,(H,35,42)(H,36,39)(H,40,41)/q-1/t28-,29-,30-/m0/s1. The van der Waals surface area contributed by atoms with Crippen molar-refractivity contribution in [2.45, 2.75) is 122 Å². The second-order valence-corrected chi connectivity index (χ2v) is 12.2. The van der Waals surface area contributed by atoms with Crippen LogP contribution < -0.4 is 10.6 Å². The predicted molar refractivity (Wildman–Crippen MR) is 169 cm³/mol. The number of nitrogens with one attached hydrogen (secondary N) is 2. The van der Waals surface area contributed by atoms with Crippen LogP contribution in [0, 0.1) is 17.0 Å². The number of carbonyl (C=O) groups is 3. The average Bonchev–Trinajstić information content (AvgIpc) is 3.01. The molecule has 3 rings (SSSR count). The van der Waals surface area contributed by atoms with Crippen molar-refractivity contribution in [3.8, 4) is 0 Å². The number of carboxylic acid groups (broad SMARTS) is 1. The lowest BCUT2D eigenvalue weighted by Crippen LogP contribution is -2.62. The molecule has 0 aromatic heterocycles. The fourth-order valence-corrected chi connectivity index (χ4v) is 6.38. The summed E-state index contributed by atoms with van der Waals surface area (Å²) in [6, 6.07) is 5.37. The zero-order valence-corrected chi connectivity index (χ0v) is 26.1. The number of carbonyl (C=O) groups excluding carboxylic acids is 2. The van der Waals surface area contributed by atoms with Gasteiger partial charge in [0.15, 0.2) is 0 Å². The van der Waals surface area contributed by atoms with Crippen LogP contribution in [-0.4, -0.2) is 70.6 Å². The lowest BCUT2D eigenvalue weighted by Gasteiger charge is -2.48. The van der Waals surface area contributed by atoms with Gasteiger partial charge in [-0.2, -0.15) is 0 Å². The summed E-state index contributed by atoms with van der Waals surface area (Å²) in [5, 5.41) is 31.1. The Morgan fingerprint density at radius 1 is 1.00 bits per heavy atom. The Hall–Kier alpha value is -2.98. The number of nitrogens with zero attached hydrogens (tertiary/aromatic N) is 3. The minimum Gasteiger partial charge on any atom is -0.767 e. The number of amides is 3. The maximum Gasteiger partial charge on any atom is 0.331 e.